The Morgan fingerprint density at radius 1 is 1.11 bits per heavy atom. The molecule has 0 radical (unpaired) electrons. The van der Waals surface area contributed by atoms with Gasteiger partial charge in [0.2, 0.25) is 0 Å². The summed E-state index contributed by atoms with van der Waals surface area (Å²) in [6.45, 7) is 11.4. The molecule has 9 atom stereocenters. The first-order valence-electron chi connectivity index (χ1n) is 10.3. The van der Waals surface area contributed by atoms with E-state index in [1.165, 1.54) is 6.92 Å². The maximum atomic E-state index is 13.4. The lowest BCUT2D eigenvalue weighted by Gasteiger charge is -2.66. The molecular formula is C22H32O6. The van der Waals surface area contributed by atoms with E-state index in [0.717, 1.165) is 0 Å². The second kappa shape index (κ2) is 5.89. The normalized spacial score (nSPS) is 52.0. The van der Waals surface area contributed by atoms with E-state index >= 15 is 0 Å². The van der Waals surface area contributed by atoms with Gasteiger partial charge in [-0.05, 0) is 53.9 Å². The summed E-state index contributed by atoms with van der Waals surface area (Å²) in [6, 6.07) is 0. The van der Waals surface area contributed by atoms with Crippen molar-refractivity contribution < 1.29 is 29.6 Å². The Balaban J connectivity index is 1.87. The minimum atomic E-state index is -1.29. The van der Waals surface area contributed by atoms with Crippen LogP contribution in [0.5, 0.6) is 0 Å². The predicted octanol–water partition coefficient (Wildman–Crippen LogP) is 1.61. The van der Waals surface area contributed by atoms with E-state index < -0.39 is 47.1 Å². The van der Waals surface area contributed by atoms with Gasteiger partial charge in [0.15, 0.2) is 5.78 Å². The highest BCUT2D eigenvalue weighted by molar-refractivity contribution is 6.04. The number of ether oxygens (including phenoxy) is 1. The fourth-order valence-electron chi connectivity index (χ4n) is 7.63. The zero-order valence-corrected chi connectivity index (χ0v) is 17.1. The molecule has 0 heterocycles. The van der Waals surface area contributed by atoms with Gasteiger partial charge in [0.25, 0.3) is 0 Å². The van der Waals surface area contributed by atoms with Crippen molar-refractivity contribution in [2.45, 2.75) is 77.8 Å². The second-order valence-electron chi connectivity index (χ2n) is 10.4. The lowest BCUT2D eigenvalue weighted by Crippen LogP contribution is -2.69. The predicted molar refractivity (Wildman–Crippen MR) is 101 cm³/mol. The van der Waals surface area contributed by atoms with Gasteiger partial charge in [-0.2, -0.15) is 0 Å². The molecule has 6 nitrogen and oxygen atoms in total. The Bertz CT molecular complexity index is 743. The molecule has 0 aromatic heterocycles. The minimum absolute atomic E-state index is 0.0160. The van der Waals surface area contributed by atoms with Crippen LogP contribution in [-0.2, 0) is 14.3 Å². The Labute approximate surface area is 166 Å². The number of hydrogen-bond acceptors (Lipinski definition) is 6. The molecule has 0 aliphatic heterocycles. The van der Waals surface area contributed by atoms with Crippen LogP contribution < -0.4 is 0 Å². The molecule has 4 rings (SSSR count). The van der Waals surface area contributed by atoms with Gasteiger partial charge >= 0.3 is 5.97 Å². The van der Waals surface area contributed by atoms with Crippen molar-refractivity contribution in [1.82, 2.24) is 0 Å². The number of aliphatic hydroxyl groups is 3. The summed E-state index contributed by atoms with van der Waals surface area (Å²) in [7, 11) is 0. The van der Waals surface area contributed by atoms with Crippen LogP contribution in [0.3, 0.4) is 0 Å². The van der Waals surface area contributed by atoms with Gasteiger partial charge < -0.3 is 20.1 Å². The number of hydrogen-bond donors (Lipinski definition) is 3. The summed E-state index contributed by atoms with van der Waals surface area (Å²) < 4.78 is 5.55. The monoisotopic (exact) mass is 392 g/mol. The average molecular weight is 392 g/mol. The Morgan fingerprint density at radius 3 is 2.36 bits per heavy atom. The fourth-order valence-corrected chi connectivity index (χ4v) is 7.63. The van der Waals surface area contributed by atoms with E-state index in [1.54, 1.807) is 0 Å². The summed E-state index contributed by atoms with van der Waals surface area (Å²) in [4.78, 5) is 25.1. The molecule has 0 amide bonds. The van der Waals surface area contributed by atoms with Crippen LogP contribution in [0, 0.1) is 34.0 Å². The molecule has 4 aliphatic carbocycles. The first-order chi connectivity index (χ1) is 12.9. The fraction of sp³-hybridized carbons (Fsp3) is 0.818. The topological polar surface area (TPSA) is 104 Å². The first kappa shape index (κ1) is 20.0. The molecule has 3 N–H and O–H groups in total. The van der Waals surface area contributed by atoms with Crippen molar-refractivity contribution in [3.63, 3.8) is 0 Å². The third-order valence-corrected chi connectivity index (χ3v) is 9.00. The molecule has 4 fully saturated rings. The molecule has 4 saturated carbocycles. The maximum Gasteiger partial charge on any atom is 0.302 e. The second-order valence-corrected chi connectivity index (χ2v) is 10.4. The number of aliphatic hydroxyl groups excluding tert-OH is 3. The molecule has 0 saturated heterocycles. The average Bonchev–Trinajstić information content (AvgIpc) is 2.72. The molecule has 1 spiro atoms. The smallest absolute Gasteiger partial charge is 0.302 e. The number of carbonyl (C=O) groups is 2. The van der Waals surface area contributed by atoms with Gasteiger partial charge in [0, 0.05) is 6.92 Å². The summed E-state index contributed by atoms with van der Waals surface area (Å²) in [5.74, 6) is -1.75. The molecule has 156 valence electrons. The Kier molecular flexibility index (Phi) is 4.22. The van der Waals surface area contributed by atoms with Crippen LogP contribution in [0.25, 0.3) is 0 Å². The summed E-state index contributed by atoms with van der Waals surface area (Å²) in [6.07, 6.45) is -1.14. The van der Waals surface area contributed by atoms with E-state index in [0.29, 0.717) is 25.7 Å². The van der Waals surface area contributed by atoms with E-state index in [4.69, 9.17) is 4.74 Å². The van der Waals surface area contributed by atoms with Crippen LogP contribution in [-0.4, -0.2) is 51.5 Å². The Morgan fingerprint density at radius 2 is 1.75 bits per heavy atom. The zero-order chi connectivity index (χ0) is 20.8. The van der Waals surface area contributed by atoms with Gasteiger partial charge in [-0.15, -0.1) is 0 Å². The number of fused-ring (bicyclic) bond motifs is 3. The summed E-state index contributed by atoms with van der Waals surface area (Å²) >= 11 is 0. The lowest BCUT2D eigenvalue weighted by molar-refractivity contribution is -0.251. The molecule has 6 heteroatoms. The number of esters is 1. The minimum Gasteiger partial charge on any atom is -0.462 e. The molecule has 4 aliphatic rings. The van der Waals surface area contributed by atoms with Crippen LogP contribution in [0.15, 0.2) is 12.2 Å². The SMILES string of the molecule is C=C1C(=O)[C@@]23[C@H](O)C[C@@H]4C(C)(C)[C@H](O)CC[C@@]4(C)[C@@H]2C[C@H](OC(C)=O)[C@@H]1[C@H]3O. The highest BCUT2D eigenvalue weighted by Gasteiger charge is 2.76. The Hall–Kier alpha value is -1.24. The van der Waals surface area contributed by atoms with Gasteiger partial charge in [-0.1, -0.05) is 27.4 Å². The van der Waals surface area contributed by atoms with E-state index in [1.807, 2.05) is 13.8 Å². The highest BCUT2D eigenvalue weighted by Crippen LogP contribution is 2.71. The molecule has 0 aromatic carbocycles. The molecule has 0 aromatic rings. The summed E-state index contributed by atoms with van der Waals surface area (Å²) in [5, 5.41) is 33.2. The maximum absolute atomic E-state index is 13.4. The highest BCUT2D eigenvalue weighted by atomic mass is 16.5. The molecule has 2 bridgehead atoms. The third kappa shape index (κ3) is 2.14. The van der Waals surface area contributed by atoms with Crippen LogP contribution >= 0.6 is 0 Å². The number of Topliss-reactive ketones (excluding diaryl/α,β-unsaturated/α-hetero) is 1. The molecular weight excluding hydrogens is 360 g/mol. The molecule has 28 heavy (non-hydrogen) atoms. The lowest BCUT2D eigenvalue weighted by atomic mass is 9.39. The number of ketones is 1. The van der Waals surface area contributed by atoms with Gasteiger partial charge in [0.05, 0.1) is 29.6 Å². The van der Waals surface area contributed by atoms with Crippen LogP contribution in [0.4, 0.5) is 0 Å². The molecule has 0 unspecified atom stereocenters. The van der Waals surface area contributed by atoms with Gasteiger partial charge in [-0.25, -0.2) is 0 Å². The number of carbonyl (C=O) groups excluding carboxylic acids is 2. The van der Waals surface area contributed by atoms with Gasteiger partial charge in [0.1, 0.15) is 6.10 Å². The van der Waals surface area contributed by atoms with E-state index in [2.05, 4.69) is 13.5 Å². The van der Waals surface area contributed by atoms with E-state index in [9.17, 15) is 24.9 Å². The zero-order valence-electron chi connectivity index (χ0n) is 17.1. The first-order valence-corrected chi connectivity index (χ1v) is 10.3. The standard InChI is InChI=1S/C22H32O6/c1-10-17-12(28-11(2)23)8-14-21(5)7-6-15(24)20(3,4)13(21)9-16(25)22(14,18(10)26)19(17)27/h12-17,19,24-25,27H,1,6-9H2,2-5H3/t12-,13+,14-,15+,16+,17+,19+,21+,22-/m0/s1. The van der Waals surface area contributed by atoms with Gasteiger partial charge in [-0.3, -0.25) is 9.59 Å². The van der Waals surface area contributed by atoms with Crippen molar-refractivity contribution in [2.24, 2.45) is 34.0 Å². The quantitative estimate of drug-likeness (QED) is 0.463. The summed E-state index contributed by atoms with van der Waals surface area (Å²) in [5.41, 5.74) is -1.82. The van der Waals surface area contributed by atoms with Crippen molar-refractivity contribution >= 4 is 11.8 Å². The van der Waals surface area contributed by atoms with Crippen molar-refractivity contribution in [2.75, 3.05) is 0 Å². The van der Waals surface area contributed by atoms with Crippen molar-refractivity contribution in [3.8, 4) is 0 Å². The van der Waals surface area contributed by atoms with E-state index in [-0.39, 0.29) is 28.6 Å². The number of rotatable bonds is 1. The van der Waals surface area contributed by atoms with Crippen LogP contribution in [0.2, 0.25) is 0 Å². The van der Waals surface area contributed by atoms with Crippen LogP contribution in [0.1, 0.15) is 53.4 Å². The largest absolute Gasteiger partial charge is 0.462 e. The van der Waals surface area contributed by atoms with Crippen molar-refractivity contribution in [1.29, 1.82) is 0 Å². The third-order valence-electron chi connectivity index (χ3n) is 9.00. The van der Waals surface area contributed by atoms with Crippen molar-refractivity contribution in [3.05, 3.63) is 12.2 Å².